The third kappa shape index (κ3) is 5.45. The first-order chi connectivity index (χ1) is 15.9. The van der Waals surface area contributed by atoms with Gasteiger partial charge in [-0.05, 0) is 55.2 Å². The van der Waals surface area contributed by atoms with Crippen LogP contribution in [0.3, 0.4) is 0 Å². The standard InChI is InChI=1S/C27H32N2O4/c1-5-7-8-10-25(30)29-19-13-17(3)26-22(15-19)23(16-28-26)20(9-6-2)21-12-11-18(27(31)32)14-24(21)33-4/h6,11-16,20,28H,2,5,7-10H2,1,3-4H3,(H,29,30)(H,31,32). The van der Waals surface area contributed by atoms with Crippen molar-refractivity contribution < 1.29 is 19.4 Å². The Labute approximate surface area is 194 Å². The van der Waals surface area contributed by atoms with Crippen molar-refractivity contribution in [2.24, 2.45) is 0 Å². The maximum atomic E-state index is 12.4. The van der Waals surface area contributed by atoms with Gasteiger partial charge in [0.25, 0.3) is 0 Å². The van der Waals surface area contributed by atoms with Gasteiger partial charge in [0.15, 0.2) is 0 Å². The molecular weight excluding hydrogens is 416 g/mol. The first-order valence-electron chi connectivity index (χ1n) is 11.3. The third-order valence-electron chi connectivity index (χ3n) is 5.94. The van der Waals surface area contributed by atoms with Gasteiger partial charge in [-0.3, -0.25) is 4.79 Å². The number of methoxy groups -OCH3 is 1. The van der Waals surface area contributed by atoms with Crippen LogP contribution in [-0.4, -0.2) is 29.1 Å². The van der Waals surface area contributed by atoms with Crippen LogP contribution in [0, 0.1) is 6.92 Å². The zero-order chi connectivity index (χ0) is 24.0. The van der Waals surface area contributed by atoms with Gasteiger partial charge in [0.05, 0.1) is 12.7 Å². The number of aromatic carboxylic acids is 1. The highest BCUT2D eigenvalue weighted by atomic mass is 16.5. The zero-order valence-electron chi connectivity index (χ0n) is 19.5. The molecule has 0 aliphatic carbocycles. The van der Waals surface area contributed by atoms with E-state index in [0.29, 0.717) is 18.6 Å². The smallest absolute Gasteiger partial charge is 0.335 e. The molecule has 0 saturated heterocycles. The number of carbonyl (C=O) groups is 2. The predicted molar refractivity (Wildman–Crippen MR) is 132 cm³/mol. The molecule has 3 N–H and O–H groups in total. The van der Waals surface area contributed by atoms with Crippen molar-refractivity contribution >= 4 is 28.5 Å². The van der Waals surface area contributed by atoms with Crippen LogP contribution >= 0.6 is 0 Å². The number of amides is 1. The lowest BCUT2D eigenvalue weighted by atomic mass is 9.86. The Kier molecular flexibility index (Phi) is 7.93. The summed E-state index contributed by atoms with van der Waals surface area (Å²) in [5.74, 6) is -0.549. The number of carboxylic acids is 1. The van der Waals surface area contributed by atoms with E-state index in [1.165, 1.54) is 0 Å². The Morgan fingerprint density at radius 2 is 2.00 bits per heavy atom. The second-order valence-electron chi connectivity index (χ2n) is 8.30. The monoisotopic (exact) mass is 448 g/mol. The summed E-state index contributed by atoms with van der Waals surface area (Å²) < 4.78 is 5.56. The second-order valence-corrected chi connectivity index (χ2v) is 8.30. The fourth-order valence-electron chi connectivity index (χ4n) is 4.27. The summed E-state index contributed by atoms with van der Waals surface area (Å²) >= 11 is 0. The fraction of sp³-hybridized carbons (Fsp3) is 0.333. The number of hydrogen-bond acceptors (Lipinski definition) is 3. The molecule has 0 radical (unpaired) electrons. The van der Waals surface area contributed by atoms with E-state index in [0.717, 1.165) is 52.5 Å². The average molecular weight is 449 g/mol. The number of aromatic nitrogens is 1. The first kappa shape index (κ1) is 24.1. The van der Waals surface area contributed by atoms with Crippen molar-refractivity contribution in [3.8, 4) is 5.75 Å². The molecule has 6 nitrogen and oxygen atoms in total. The van der Waals surface area contributed by atoms with Crippen LogP contribution in [0.15, 0.2) is 49.2 Å². The van der Waals surface area contributed by atoms with Crippen molar-refractivity contribution in [3.05, 3.63) is 71.4 Å². The molecule has 0 aliphatic rings. The van der Waals surface area contributed by atoms with Crippen molar-refractivity contribution in [1.82, 2.24) is 4.98 Å². The molecule has 0 spiro atoms. The summed E-state index contributed by atoms with van der Waals surface area (Å²) in [4.78, 5) is 27.2. The summed E-state index contributed by atoms with van der Waals surface area (Å²) in [5.41, 5.74) is 4.91. The fourth-order valence-corrected chi connectivity index (χ4v) is 4.27. The van der Waals surface area contributed by atoms with E-state index in [4.69, 9.17) is 4.74 Å². The SMILES string of the molecule is C=CCC(c1ccc(C(=O)O)cc1OC)c1c[nH]c2c(C)cc(NC(=O)CCCCC)cc12. The molecule has 0 aliphatic heterocycles. The lowest BCUT2D eigenvalue weighted by molar-refractivity contribution is -0.116. The highest BCUT2D eigenvalue weighted by molar-refractivity contribution is 5.96. The Balaban J connectivity index is 2.03. The van der Waals surface area contributed by atoms with E-state index in [1.807, 2.05) is 37.4 Å². The van der Waals surface area contributed by atoms with E-state index in [-0.39, 0.29) is 17.4 Å². The number of ether oxygens (including phenoxy) is 1. The number of carboxylic acid groups (broad SMARTS) is 1. The highest BCUT2D eigenvalue weighted by Crippen LogP contribution is 2.40. The number of H-pyrrole nitrogens is 1. The van der Waals surface area contributed by atoms with Gasteiger partial charge in [-0.1, -0.05) is 31.9 Å². The number of benzene rings is 2. The molecule has 1 unspecified atom stereocenters. The summed E-state index contributed by atoms with van der Waals surface area (Å²) in [6.07, 6.45) is 7.97. The Bertz CT molecular complexity index is 1160. The number of hydrogen-bond donors (Lipinski definition) is 3. The van der Waals surface area contributed by atoms with Crippen LogP contribution in [0.5, 0.6) is 5.75 Å². The van der Waals surface area contributed by atoms with Crippen molar-refractivity contribution in [2.45, 2.75) is 51.9 Å². The number of nitrogens with one attached hydrogen (secondary N) is 2. The minimum Gasteiger partial charge on any atom is -0.496 e. The normalized spacial score (nSPS) is 11.8. The van der Waals surface area contributed by atoms with Gasteiger partial charge in [0, 0.05) is 40.7 Å². The molecule has 0 fully saturated rings. The number of aromatic amines is 1. The van der Waals surface area contributed by atoms with Crippen molar-refractivity contribution in [2.75, 3.05) is 12.4 Å². The van der Waals surface area contributed by atoms with Gasteiger partial charge in [0.1, 0.15) is 5.75 Å². The lowest BCUT2D eigenvalue weighted by Crippen LogP contribution is -2.11. The van der Waals surface area contributed by atoms with Crippen LogP contribution in [0.1, 0.15) is 72.0 Å². The molecule has 2 aromatic carbocycles. The molecule has 3 rings (SSSR count). The van der Waals surface area contributed by atoms with Crippen LogP contribution in [0.4, 0.5) is 5.69 Å². The molecule has 0 saturated carbocycles. The quantitative estimate of drug-likeness (QED) is 0.233. The molecule has 1 atom stereocenters. The summed E-state index contributed by atoms with van der Waals surface area (Å²) in [6, 6.07) is 8.93. The van der Waals surface area contributed by atoms with Crippen LogP contribution < -0.4 is 10.1 Å². The van der Waals surface area contributed by atoms with Gasteiger partial charge < -0.3 is 20.1 Å². The van der Waals surface area contributed by atoms with Gasteiger partial charge in [-0.25, -0.2) is 4.79 Å². The number of allylic oxidation sites excluding steroid dienone is 1. The van der Waals surface area contributed by atoms with Crippen LogP contribution in [0.2, 0.25) is 0 Å². The molecule has 1 aromatic heterocycles. The van der Waals surface area contributed by atoms with Crippen LogP contribution in [0.25, 0.3) is 10.9 Å². The number of anilines is 1. The molecule has 33 heavy (non-hydrogen) atoms. The molecule has 0 bridgehead atoms. The Morgan fingerprint density at radius 1 is 1.21 bits per heavy atom. The Morgan fingerprint density at radius 3 is 2.67 bits per heavy atom. The molecule has 6 heteroatoms. The maximum Gasteiger partial charge on any atom is 0.335 e. The van der Waals surface area contributed by atoms with Crippen LogP contribution in [-0.2, 0) is 4.79 Å². The van der Waals surface area contributed by atoms with Gasteiger partial charge in [-0.15, -0.1) is 6.58 Å². The summed E-state index contributed by atoms with van der Waals surface area (Å²) in [7, 11) is 1.54. The third-order valence-corrected chi connectivity index (χ3v) is 5.94. The van der Waals surface area contributed by atoms with E-state index in [9.17, 15) is 14.7 Å². The molecular formula is C27H32N2O4. The van der Waals surface area contributed by atoms with E-state index in [2.05, 4.69) is 23.8 Å². The maximum absolute atomic E-state index is 12.4. The number of aryl methyl sites for hydroxylation is 1. The number of unbranched alkanes of at least 4 members (excludes halogenated alkanes) is 2. The van der Waals surface area contributed by atoms with Crippen molar-refractivity contribution in [3.63, 3.8) is 0 Å². The van der Waals surface area contributed by atoms with Gasteiger partial charge in [0.2, 0.25) is 5.91 Å². The molecule has 174 valence electrons. The van der Waals surface area contributed by atoms with Gasteiger partial charge >= 0.3 is 5.97 Å². The topological polar surface area (TPSA) is 91.4 Å². The number of fused-ring (bicyclic) bond motifs is 1. The largest absolute Gasteiger partial charge is 0.496 e. The zero-order valence-corrected chi connectivity index (χ0v) is 19.5. The van der Waals surface area contributed by atoms with E-state index in [1.54, 1.807) is 19.2 Å². The van der Waals surface area contributed by atoms with Gasteiger partial charge in [-0.2, -0.15) is 0 Å². The summed E-state index contributed by atoms with van der Waals surface area (Å²) in [6.45, 7) is 8.06. The molecule has 1 heterocycles. The average Bonchev–Trinajstić information content (AvgIpc) is 3.21. The number of rotatable bonds is 11. The molecule has 3 aromatic rings. The lowest BCUT2D eigenvalue weighted by Gasteiger charge is -2.19. The van der Waals surface area contributed by atoms with Crippen molar-refractivity contribution in [1.29, 1.82) is 0 Å². The Hall–Kier alpha value is -3.54. The predicted octanol–water partition coefficient (Wildman–Crippen LogP) is 6.41. The second kappa shape index (κ2) is 10.9. The highest BCUT2D eigenvalue weighted by Gasteiger charge is 2.22. The first-order valence-corrected chi connectivity index (χ1v) is 11.3. The van der Waals surface area contributed by atoms with E-state index < -0.39 is 5.97 Å². The number of carbonyl (C=O) groups excluding carboxylic acids is 1. The minimum absolute atomic E-state index is 0.0212. The minimum atomic E-state index is -0.998. The van der Waals surface area contributed by atoms with E-state index >= 15 is 0 Å². The molecule has 1 amide bonds. The summed E-state index contributed by atoms with van der Waals surface area (Å²) in [5, 5.41) is 13.4.